The highest BCUT2D eigenvalue weighted by molar-refractivity contribution is 6.03. The van der Waals surface area contributed by atoms with Crippen LogP contribution in [-0.2, 0) is 16.0 Å². The van der Waals surface area contributed by atoms with E-state index in [9.17, 15) is 13.2 Å². The Hall–Kier alpha value is -3.97. The van der Waals surface area contributed by atoms with Crippen molar-refractivity contribution in [3.63, 3.8) is 0 Å². The third-order valence-corrected chi connectivity index (χ3v) is 6.18. The molecule has 1 aromatic heterocycles. The molecule has 0 fully saturated rings. The molecule has 38 heavy (non-hydrogen) atoms. The van der Waals surface area contributed by atoms with Crippen LogP contribution in [-0.4, -0.2) is 37.3 Å². The Kier molecular flexibility index (Phi) is 7.97. The summed E-state index contributed by atoms with van der Waals surface area (Å²) in [4.78, 5) is 8.93. The molecule has 0 aliphatic carbocycles. The van der Waals surface area contributed by atoms with Crippen LogP contribution in [0.1, 0.15) is 31.9 Å². The van der Waals surface area contributed by atoms with Gasteiger partial charge in [0.1, 0.15) is 11.5 Å². The number of hydrogen-bond donors (Lipinski definition) is 3. The fraction of sp³-hybridized carbons (Fsp3) is 0.360. The molecule has 0 spiro atoms. The first kappa shape index (κ1) is 27.1. The monoisotopic (exact) mass is 530 g/mol. The molecule has 0 saturated heterocycles. The molecule has 0 amide bonds. The number of rotatable bonds is 8. The van der Waals surface area contributed by atoms with E-state index in [1.807, 2.05) is 0 Å². The van der Waals surface area contributed by atoms with E-state index in [0.29, 0.717) is 29.2 Å². The highest BCUT2D eigenvalue weighted by Gasteiger charge is 2.43. The fourth-order valence-corrected chi connectivity index (χ4v) is 4.53. The second kappa shape index (κ2) is 11.2. The number of pyridine rings is 1. The number of anilines is 1. The van der Waals surface area contributed by atoms with Crippen molar-refractivity contribution in [1.29, 1.82) is 0 Å². The van der Waals surface area contributed by atoms with E-state index in [2.05, 4.69) is 31.1 Å². The van der Waals surface area contributed by atoms with Crippen LogP contribution in [0.4, 0.5) is 19.0 Å². The molecule has 4 N–H and O–H groups in total. The number of ether oxygens (including phenoxy) is 2. The summed E-state index contributed by atoms with van der Waals surface area (Å²) in [5.74, 6) is 5.35. The lowest BCUT2D eigenvalue weighted by molar-refractivity contribution is -0.169. The number of hydrazine groups is 1. The maximum absolute atomic E-state index is 14.6. The number of hydrogen-bond acceptors (Lipinski definition) is 9. The van der Waals surface area contributed by atoms with E-state index in [4.69, 9.17) is 15.3 Å². The first-order valence-corrected chi connectivity index (χ1v) is 11.8. The number of nitrogens with two attached hydrogens (primary N) is 1. The summed E-state index contributed by atoms with van der Waals surface area (Å²) in [6.45, 7) is 5.54. The maximum Gasteiger partial charge on any atom is 0.278 e. The zero-order valence-electron chi connectivity index (χ0n) is 21.4. The van der Waals surface area contributed by atoms with Crippen LogP contribution in [0.3, 0.4) is 0 Å². The van der Waals surface area contributed by atoms with Crippen LogP contribution in [0.15, 0.2) is 75.0 Å². The fourth-order valence-electron chi connectivity index (χ4n) is 4.53. The smallest absolute Gasteiger partial charge is 0.278 e. The van der Waals surface area contributed by atoms with Crippen LogP contribution in [0.2, 0.25) is 0 Å². The summed E-state index contributed by atoms with van der Waals surface area (Å²) < 4.78 is 54.6. The van der Waals surface area contributed by atoms with Crippen molar-refractivity contribution in [2.75, 3.05) is 18.7 Å². The quantitative estimate of drug-likeness (QED) is 0.202. The lowest BCUT2D eigenvalue weighted by atomic mass is 9.80. The lowest BCUT2D eigenvalue weighted by Gasteiger charge is -2.37. The van der Waals surface area contributed by atoms with Crippen LogP contribution in [0, 0.1) is 11.2 Å². The first-order valence-electron chi connectivity index (χ1n) is 11.8. The van der Waals surface area contributed by atoms with Gasteiger partial charge in [-0.05, 0) is 25.1 Å². The van der Waals surface area contributed by atoms with Crippen molar-refractivity contribution >= 4 is 17.4 Å². The zero-order chi connectivity index (χ0) is 27.4. The van der Waals surface area contributed by atoms with Gasteiger partial charge in [-0.15, -0.1) is 5.11 Å². The van der Waals surface area contributed by atoms with Gasteiger partial charge in [0.15, 0.2) is 23.8 Å². The van der Waals surface area contributed by atoms with Gasteiger partial charge < -0.3 is 20.6 Å². The summed E-state index contributed by atoms with van der Waals surface area (Å²) in [5.41, 5.74) is 2.92. The molecule has 0 saturated carbocycles. The number of alkyl halides is 2. The summed E-state index contributed by atoms with van der Waals surface area (Å²) in [6, 6.07) is 9.79. The summed E-state index contributed by atoms with van der Waals surface area (Å²) in [6.07, 6.45) is -2.25. The number of allylic oxidation sites excluding steroid dienone is 1. The molecule has 202 valence electrons. The zero-order valence-corrected chi connectivity index (χ0v) is 21.4. The van der Waals surface area contributed by atoms with Crippen molar-refractivity contribution in [2.24, 2.45) is 26.6 Å². The molecule has 1 aromatic carbocycles. The van der Waals surface area contributed by atoms with Crippen molar-refractivity contribution in [3.8, 4) is 0 Å². The number of aliphatic imine (C=N–C) groups is 1. The van der Waals surface area contributed by atoms with Gasteiger partial charge in [-0.3, -0.25) is 10.4 Å². The van der Waals surface area contributed by atoms with Gasteiger partial charge >= 0.3 is 0 Å². The van der Waals surface area contributed by atoms with E-state index in [1.165, 1.54) is 13.2 Å². The Labute approximate surface area is 218 Å². The molecule has 0 bridgehead atoms. The van der Waals surface area contributed by atoms with Gasteiger partial charge in [-0.25, -0.2) is 23.1 Å². The normalized spacial score (nSPS) is 18.5. The first-order chi connectivity index (χ1) is 18.2. The van der Waals surface area contributed by atoms with Crippen LogP contribution in [0.25, 0.3) is 5.70 Å². The molecule has 3 heterocycles. The number of benzene rings is 1. The minimum atomic E-state index is -2.94. The van der Waals surface area contributed by atoms with Gasteiger partial charge in [0.25, 0.3) is 6.43 Å². The second-order valence-corrected chi connectivity index (χ2v) is 9.00. The highest BCUT2D eigenvalue weighted by Crippen LogP contribution is 2.41. The topological polar surface area (TPSA) is 122 Å². The standard InChI is InChI=1S/C25H29F3N8O2/c1-5-38-24(37-4)25(2,3)17-19(20(27)28)31-22(32-21(17)33-35-29)18-15-10-8-12-30-23(15)36(34-18)13-14-9-6-7-11-16(14)26/h6-12,20,24,31,34H,5,13H2,1-4H3,(H2,29,32,33). The Morgan fingerprint density at radius 3 is 2.61 bits per heavy atom. The Morgan fingerprint density at radius 1 is 1.18 bits per heavy atom. The summed E-state index contributed by atoms with van der Waals surface area (Å²) >= 11 is 0. The third-order valence-electron chi connectivity index (χ3n) is 6.18. The number of nitrogens with zero attached hydrogens (tertiary/aromatic N) is 5. The van der Waals surface area contributed by atoms with Gasteiger partial charge in [0, 0.05) is 42.0 Å². The number of amidine groups is 1. The predicted octanol–water partition coefficient (Wildman–Crippen LogP) is 4.25. The van der Waals surface area contributed by atoms with Gasteiger partial charge in [-0.2, -0.15) is 0 Å². The molecular formula is C25H29F3N8O2. The minimum Gasteiger partial charge on any atom is -0.355 e. The van der Waals surface area contributed by atoms with E-state index < -0.39 is 23.8 Å². The van der Waals surface area contributed by atoms with Crippen molar-refractivity contribution in [2.45, 2.75) is 40.0 Å². The Bertz CT molecular complexity index is 1310. The molecule has 10 nitrogen and oxygen atoms in total. The number of methoxy groups -OCH3 is 1. The van der Waals surface area contributed by atoms with Crippen LogP contribution in [0.5, 0.6) is 0 Å². The third kappa shape index (κ3) is 5.07. The number of halogens is 3. The minimum absolute atomic E-state index is 0.0397. The van der Waals surface area contributed by atoms with Crippen molar-refractivity contribution < 1.29 is 22.6 Å². The van der Waals surface area contributed by atoms with Gasteiger partial charge in [-0.1, -0.05) is 37.3 Å². The van der Waals surface area contributed by atoms with Gasteiger partial charge in [0.05, 0.1) is 12.2 Å². The number of fused-ring (bicyclic) bond motifs is 1. The van der Waals surface area contributed by atoms with Crippen LogP contribution < -0.4 is 21.6 Å². The van der Waals surface area contributed by atoms with E-state index in [-0.39, 0.29) is 29.6 Å². The predicted molar refractivity (Wildman–Crippen MR) is 136 cm³/mol. The Balaban J connectivity index is 1.83. The molecule has 2 aromatic rings. The molecular weight excluding hydrogens is 501 g/mol. The molecule has 2 aliphatic rings. The lowest BCUT2D eigenvalue weighted by Crippen LogP contribution is -2.42. The molecule has 13 heteroatoms. The van der Waals surface area contributed by atoms with E-state index in [0.717, 1.165) is 0 Å². The SMILES string of the molecule is CCOC(OC)C(C)(C)C1=C(C(F)F)NC(=C2NN(Cc3ccccc3F)c3ncccc32)N=C1N=NN. The molecule has 1 atom stereocenters. The average molecular weight is 531 g/mol. The van der Waals surface area contributed by atoms with E-state index >= 15 is 0 Å². The van der Waals surface area contributed by atoms with Gasteiger partial charge in [0.2, 0.25) is 0 Å². The molecule has 2 aliphatic heterocycles. The largest absolute Gasteiger partial charge is 0.355 e. The summed E-state index contributed by atoms with van der Waals surface area (Å²) in [7, 11) is 1.42. The highest BCUT2D eigenvalue weighted by atomic mass is 19.3. The van der Waals surface area contributed by atoms with Crippen molar-refractivity contribution in [3.05, 3.63) is 76.6 Å². The Morgan fingerprint density at radius 2 is 1.95 bits per heavy atom. The van der Waals surface area contributed by atoms with E-state index in [1.54, 1.807) is 62.3 Å². The van der Waals surface area contributed by atoms with Crippen molar-refractivity contribution in [1.82, 2.24) is 15.7 Å². The molecule has 1 unspecified atom stereocenters. The average Bonchev–Trinajstić information content (AvgIpc) is 3.26. The molecule has 4 rings (SSSR count). The van der Waals surface area contributed by atoms with Crippen LogP contribution >= 0.6 is 0 Å². The summed E-state index contributed by atoms with van der Waals surface area (Å²) in [5, 5.41) is 11.6. The number of aromatic nitrogens is 1. The number of nitrogens with one attached hydrogen (secondary N) is 2. The maximum atomic E-state index is 14.6. The second-order valence-electron chi connectivity index (χ2n) is 9.00. The molecule has 0 radical (unpaired) electrons.